The first kappa shape index (κ1) is 6.50. The zero-order chi connectivity index (χ0) is 7.19. The predicted octanol–water partition coefficient (Wildman–Crippen LogP) is 2.29. The van der Waals surface area contributed by atoms with Crippen LogP contribution in [-0.4, -0.2) is 10.2 Å². The Kier molecular flexibility index (Phi) is 1.23. The highest BCUT2D eigenvalue weighted by atomic mass is 35.5. The Balaban J connectivity index is 2.42. The number of nitrogens with one attached hydrogen (secondary N) is 1. The van der Waals surface area contributed by atoms with Gasteiger partial charge in [0.15, 0.2) is 0 Å². The van der Waals surface area contributed by atoms with Crippen LogP contribution in [0.4, 0.5) is 0 Å². The largest absolute Gasteiger partial charge is 0.279 e. The van der Waals surface area contributed by atoms with E-state index in [1.807, 2.05) is 0 Å². The Hall–Kier alpha value is -0.210. The first-order chi connectivity index (χ1) is 4.72. The second kappa shape index (κ2) is 1.89. The van der Waals surface area contributed by atoms with Crippen molar-refractivity contribution in [2.45, 2.75) is 17.7 Å². The Bertz CT molecular complexity index is 252. The summed E-state index contributed by atoms with van der Waals surface area (Å²) in [6, 6.07) is 0. The summed E-state index contributed by atoms with van der Waals surface area (Å²) in [5, 5.41) is 7.23. The number of aromatic amines is 1. The first-order valence-corrected chi connectivity index (χ1v) is 3.86. The number of aromatic nitrogens is 2. The predicted molar refractivity (Wildman–Crippen MR) is 40.4 cm³/mol. The number of halogens is 2. The van der Waals surface area contributed by atoms with Gasteiger partial charge in [-0.05, 0) is 12.8 Å². The van der Waals surface area contributed by atoms with Crippen LogP contribution in [0.3, 0.4) is 0 Å². The van der Waals surface area contributed by atoms with Gasteiger partial charge in [0.2, 0.25) is 0 Å². The van der Waals surface area contributed by atoms with E-state index in [1.54, 1.807) is 6.20 Å². The smallest absolute Gasteiger partial charge is 0.0876 e. The monoisotopic (exact) mass is 176 g/mol. The van der Waals surface area contributed by atoms with Gasteiger partial charge in [0.05, 0.1) is 21.8 Å². The summed E-state index contributed by atoms with van der Waals surface area (Å²) in [5.41, 5.74) is 0.871. The van der Waals surface area contributed by atoms with E-state index in [0.29, 0.717) is 5.02 Å². The lowest BCUT2D eigenvalue weighted by Gasteiger charge is -2.00. The van der Waals surface area contributed by atoms with Gasteiger partial charge < -0.3 is 0 Å². The van der Waals surface area contributed by atoms with Crippen LogP contribution in [0.25, 0.3) is 0 Å². The summed E-state index contributed by atoms with van der Waals surface area (Å²) in [5.74, 6) is 0. The van der Waals surface area contributed by atoms with Crippen LogP contribution < -0.4 is 0 Å². The van der Waals surface area contributed by atoms with Gasteiger partial charge in [0.1, 0.15) is 0 Å². The quantitative estimate of drug-likeness (QED) is 0.655. The molecule has 1 aliphatic rings. The third-order valence-electron chi connectivity index (χ3n) is 1.73. The molecule has 4 heteroatoms. The molecule has 1 N–H and O–H groups in total. The summed E-state index contributed by atoms with van der Waals surface area (Å²) in [6.07, 6.45) is 3.58. The summed E-state index contributed by atoms with van der Waals surface area (Å²) in [6.45, 7) is 0. The Morgan fingerprint density at radius 3 is 2.70 bits per heavy atom. The molecule has 1 fully saturated rings. The van der Waals surface area contributed by atoms with Gasteiger partial charge in [0, 0.05) is 0 Å². The molecule has 0 bridgehead atoms. The molecule has 0 saturated heterocycles. The lowest BCUT2D eigenvalue weighted by atomic mass is 10.3. The highest BCUT2D eigenvalue weighted by Crippen LogP contribution is 2.52. The van der Waals surface area contributed by atoms with Crippen LogP contribution in [0.2, 0.25) is 5.02 Å². The minimum atomic E-state index is -0.215. The molecule has 0 unspecified atom stereocenters. The van der Waals surface area contributed by atoms with Crippen LogP contribution in [0, 0.1) is 0 Å². The van der Waals surface area contributed by atoms with Crippen LogP contribution in [0.15, 0.2) is 6.20 Å². The summed E-state index contributed by atoms with van der Waals surface area (Å²) in [4.78, 5) is -0.215. The van der Waals surface area contributed by atoms with E-state index in [0.717, 1.165) is 18.5 Å². The normalized spacial score (nSPS) is 21.0. The molecule has 1 heterocycles. The molecule has 1 aromatic rings. The fraction of sp³-hybridized carbons (Fsp3) is 0.500. The summed E-state index contributed by atoms with van der Waals surface area (Å²) < 4.78 is 0. The SMILES string of the molecule is Clc1cn[nH]c1C1(Cl)CC1. The van der Waals surface area contributed by atoms with E-state index in [9.17, 15) is 0 Å². The zero-order valence-electron chi connectivity index (χ0n) is 5.19. The lowest BCUT2D eigenvalue weighted by Crippen LogP contribution is -1.96. The van der Waals surface area contributed by atoms with E-state index in [4.69, 9.17) is 23.2 Å². The molecule has 1 aliphatic carbocycles. The molecule has 2 rings (SSSR count). The second-order valence-electron chi connectivity index (χ2n) is 2.56. The van der Waals surface area contributed by atoms with Crippen molar-refractivity contribution in [1.29, 1.82) is 0 Å². The maximum absolute atomic E-state index is 6.06. The zero-order valence-corrected chi connectivity index (χ0v) is 6.71. The molecular weight excluding hydrogens is 171 g/mol. The van der Waals surface area contributed by atoms with Crippen LogP contribution in [-0.2, 0) is 4.87 Å². The number of nitrogens with zero attached hydrogens (tertiary/aromatic N) is 1. The van der Waals surface area contributed by atoms with Crippen molar-refractivity contribution in [1.82, 2.24) is 10.2 Å². The molecule has 0 aliphatic heterocycles. The molecule has 10 heavy (non-hydrogen) atoms. The molecule has 0 radical (unpaired) electrons. The fourth-order valence-corrected chi connectivity index (χ4v) is 1.50. The topological polar surface area (TPSA) is 28.7 Å². The van der Waals surface area contributed by atoms with E-state index in [1.165, 1.54) is 0 Å². The van der Waals surface area contributed by atoms with Crippen molar-refractivity contribution in [2.24, 2.45) is 0 Å². The van der Waals surface area contributed by atoms with Gasteiger partial charge in [-0.1, -0.05) is 11.6 Å². The average molecular weight is 177 g/mol. The number of hydrogen-bond acceptors (Lipinski definition) is 1. The maximum atomic E-state index is 6.06. The Morgan fingerprint density at radius 2 is 2.30 bits per heavy atom. The number of hydrogen-bond donors (Lipinski definition) is 1. The fourth-order valence-electron chi connectivity index (χ4n) is 0.945. The second-order valence-corrected chi connectivity index (χ2v) is 3.69. The first-order valence-electron chi connectivity index (χ1n) is 3.11. The Labute approximate surface area is 68.5 Å². The highest BCUT2D eigenvalue weighted by molar-refractivity contribution is 6.33. The molecule has 0 aromatic carbocycles. The van der Waals surface area contributed by atoms with Gasteiger partial charge in [-0.25, -0.2) is 0 Å². The van der Waals surface area contributed by atoms with E-state index >= 15 is 0 Å². The van der Waals surface area contributed by atoms with Gasteiger partial charge in [-0.3, -0.25) is 5.10 Å². The molecule has 0 atom stereocenters. The molecule has 54 valence electrons. The lowest BCUT2D eigenvalue weighted by molar-refractivity contribution is 0.906. The minimum absolute atomic E-state index is 0.215. The van der Waals surface area contributed by atoms with Crippen molar-refractivity contribution >= 4 is 23.2 Å². The van der Waals surface area contributed by atoms with Crippen molar-refractivity contribution in [3.05, 3.63) is 16.9 Å². The van der Waals surface area contributed by atoms with Gasteiger partial charge in [0.25, 0.3) is 0 Å². The van der Waals surface area contributed by atoms with E-state index in [2.05, 4.69) is 10.2 Å². The van der Waals surface area contributed by atoms with Crippen LogP contribution in [0.5, 0.6) is 0 Å². The molecule has 1 aromatic heterocycles. The minimum Gasteiger partial charge on any atom is -0.279 e. The van der Waals surface area contributed by atoms with Crippen molar-refractivity contribution in [3.8, 4) is 0 Å². The molecule has 0 spiro atoms. The number of H-pyrrole nitrogens is 1. The third-order valence-corrected chi connectivity index (χ3v) is 2.58. The maximum Gasteiger partial charge on any atom is 0.0876 e. The van der Waals surface area contributed by atoms with Crippen LogP contribution >= 0.6 is 23.2 Å². The number of rotatable bonds is 1. The summed E-state index contributed by atoms with van der Waals surface area (Å²) in [7, 11) is 0. The Morgan fingerprint density at radius 1 is 1.60 bits per heavy atom. The van der Waals surface area contributed by atoms with Crippen molar-refractivity contribution < 1.29 is 0 Å². The molecule has 0 amide bonds. The third kappa shape index (κ3) is 0.831. The van der Waals surface area contributed by atoms with Gasteiger partial charge in [-0.2, -0.15) is 5.10 Å². The van der Waals surface area contributed by atoms with E-state index in [-0.39, 0.29) is 4.87 Å². The molecule has 1 saturated carbocycles. The number of alkyl halides is 1. The summed E-state index contributed by atoms with van der Waals surface area (Å²) >= 11 is 11.8. The van der Waals surface area contributed by atoms with Crippen molar-refractivity contribution in [2.75, 3.05) is 0 Å². The average Bonchev–Trinajstić information content (AvgIpc) is 2.44. The van der Waals surface area contributed by atoms with Gasteiger partial charge >= 0.3 is 0 Å². The van der Waals surface area contributed by atoms with E-state index < -0.39 is 0 Å². The highest BCUT2D eigenvalue weighted by Gasteiger charge is 2.45. The van der Waals surface area contributed by atoms with Gasteiger partial charge in [-0.15, -0.1) is 11.6 Å². The molecule has 2 nitrogen and oxygen atoms in total. The standard InChI is InChI=1S/C6H6Cl2N2/c7-4-3-9-10-5(4)6(8)1-2-6/h3H,1-2H2,(H,9,10). The van der Waals surface area contributed by atoms with Crippen molar-refractivity contribution in [3.63, 3.8) is 0 Å². The molecular formula is C6H6Cl2N2. The van der Waals surface area contributed by atoms with Crippen LogP contribution in [0.1, 0.15) is 18.5 Å².